The van der Waals surface area contributed by atoms with Gasteiger partial charge in [0.25, 0.3) is 0 Å². The quantitative estimate of drug-likeness (QED) is 0.588. The first-order chi connectivity index (χ1) is 5.74. The molecule has 1 fully saturated rings. The number of hydrogen-bond donors (Lipinski definition) is 0. The molecule has 4 heteroatoms. The van der Waals surface area contributed by atoms with E-state index in [1.807, 2.05) is 0 Å². The van der Waals surface area contributed by atoms with E-state index in [9.17, 15) is 0 Å². The topological polar surface area (TPSA) is 30.3 Å². The standard InChI is InChI=1S/C9H20N3.Rb/c1-9(2)12-7-5-11(4-3-10)6-8-12;/h9-10H,3-8H2,1-2H3;/q-1;+1. The number of rotatable bonds is 3. The molecule has 1 aliphatic rings. The Hall–Kier alpha value is 1.69. The van der Waals surface area contributed by atoms with E-state index in [1.54, 1.807) is 0 Å². The van der Waals surface area contributed by atoms with Crippen LogP contribution >= 0.6 is 0 Å². The third-order valence-electron chi connectivity index (χ3n) is 2.57. The Balaban J connectivity index is 0.00000144. The second-order valence-electron chi connectivity index (χ2n) is 3.72. The van der Waals surface area contributed by atoms with E-state index in [1.165, 1.54) is 13.1 Å². The van der Waals surface area contributed by atoms with E-state index < -0.39 is 0 Å². The van der Waals surface area contributed by atoms with Gasteiger partial charge in [-0.05, 0) is 20.4 Å². The Kier molecular flexibility index (Phi) is 8.94. The van der Waals surface area contributed by atoms with Gasteiger partial charge in [0.15, 0.2) is 0 Å². The summed E-state index contributed by atoms with van der Waals surface area (Å²) in [5.74, 6) is 0. The van der Waals surface area contributed by atoms with Crippen molar-refractivity contribution < 1.29 is 58.2 Å². The van der Waals surface area contributed by atoms with Crippen LogP contribution in [0.3, 0.4) is 0 Å². The first kappa shape index (κ1) is 14.7. The van der Waals surface area contributed by atoms with Gasteiger partial charge >= 0.3 is 58.2 Å². The maximum Gasteiger partial charge on any atom is 1.00 e. The van der Waals surface area contributed by atoms with Crippen LogP contribution in [0.5, 0.6) is 0 Å². The monoisotopic (exact) mass is 255 g/mol. The van der Waals surface area contributed by atoms with Crippen LogP contribution in [0.1, 0.15) is 13.8 Å². The fourth-order valence-corrected chi connectivity index (χ4v) is 1.66. The minimum absolute atomic E-state index is 0. The van der Waals surface area contributed by atoms with Crippen molar-refractivity contribution in [2.24, 2.45) is 0 Å². The molecule has 0 aliphatic carbocycles. The molecule has 0 unspecified atom stereocenters. The zero-order valence-electron chi connectivity index (χ0n) is 9.21. The third-order valence-corrected chi connectivity index (χ3v) is 2.57. The molecule has 3 nitrogen and oxygen atoms in total. The van der Waals surface area contributed by atoms with E-state index in [0.29, 0.717) is 12.6 Å². The predicted molar refractivity (Wildman–Crippen MR) is 52.3 cm³/mol. The molecule has 1 aliphatic heterocycles. The molecular formula is C9H20N3Rb. The molecule has 0 radical (unpaired) electrons. The van der Waals surface area contributed by atoms with Crippen molar-refractivity contribution in [2.45, 2.75) is 19.9 Å². The zero-order chi connectivity index (χ0) is 8.97. The van der Waals surface area contributed by atoms with E-state index in [-0.39, 0.29) is 58.2 Å². The van der Waals surface area contributed by atoms with Crippen molar-refractivity contribution in [3.8, 4) is 0 Å². The molecule has 1 heterocycles. The summed E-state index contributed by atoms with van der Waals surface area (Å²) in [5.41, 5.74) is 7.12. The molecule has 0 aromatic heterocycles. The number of nitrogens with zero attached hydrogens (tertiary/aromatic N) is 2. The first-order valence-electron chi connectivity index (χ1n) is 4.85. The second kappa shape index (κ2) is 7.91. The number of hydrogen-bond acceptors (Lipinski definition) is 2. The van der Waals surface area contributed by atoms with E-state index >= 15 is 0 Å². The Labute approximate surface area is 131 Å². The Morgan fingerprint density at radius 3 is 2.08 bits per heavy atom. The molecule has 1 rings (SSSR count). The van der Waals surface area contributed by atoms with Gasteiger partial charge in [0.1, 0.15) is 0 Å². The maximum atomic E-state index is 7.12. The van der Waals surface area contributed by atoms with Crippen LogP contribution in [0.25, 0.3) is 5.73 Å². The molecule has 0 aromatic carbocycles. The largest absolute Gasteiger partial charge is 1.00 e. The van der Waals surface area contributed by atoms with Crippen molar-refractivity contribution in [3.63, 3.8) is 0 Å². The predicted octanol–water partition coefficient (Wildman–Crippen LogP) is -1.93. The van der Waals surface area contributed by atoms with Crippen LogP contribution in [-0.4, -0.2) is 55.1 Å². The molecule has 13 heavy (non-hydrogen) atoms. The van der Waals surface area contributed by atoms with Gasteiger partial charge in [-0.1, -0.05) is 0 Å². The van der Waals surface area contributed by atoms with Crippen LogP contribution in [0.4, 0.5) is 0 Å². The van der Waals surface area contributed by atoms with E-state index in [0.717, 1.165) is 19.6 Å². The zero-order valence-corrected chi connectivity index (χ0v) is 14.1. The summed E-state index contributed by atoms with van der Waals surface area (Å²) in [4.78, 5) is 4.88. The second-order valence-corrected chi connectivity index (χ2v) is 3.72. The van der Waals surface area contributed by atoms with Gasteiger partial charge in [-0.3, -0.25) is 4.90 Å². The van der Waals surface area contributed by atoms with Gasteiger partial charge < -0.3 is 10.6 Å². The van der Waals surface area contributed by atoms with Gasteiger partial charge in [-0.25, -0.2) is 0 Å². The fraction of sp³-hybridized carbons (Fsp3) is 1.00. The Morgan fingerprint density at radius 1 is 1.15 bits per heavy atom. The first-order valence-corrected chi connectivity index (χ1v) is 4.85. The summed E-state index contributed by atoms with van der Waals surface area (Å²) >= 11 is 0. The van der Waals surface area contributed by atoms with Crippen LogP contribution < -0.4 is 58.2 Å². The van der Waals surface area contributed by atoms with Crippen molar-refractivity contribution >= 4 is 0 Å². The van der Waals surface area contributed by atoms with Gasteiger partial charge in [0.2, 0.25) is 0 Å². The smallest absolute Gasteiger partial charge is 0.676 e. The molecular weight excluding hydrogens is 236 g/mol. The summed E-state index contributed by atoms with van der Waals surface area (Å²) in [5, 5.41) is 0. The minimum Gasteiger partial charge on any atom is -0.676 e. The summed E-state index contributed by atoms with van der Waals surface area (Å²) in [6.45, 7) is 10.7. The average Bonchev–Trinajstić information content (AvgIpc) is 2.06. The summed E-state index contributed by atoms with van der Waals surface area (Å²) < 4.78 is 0. The molecule has 0 saturated carbocycles. The van der Waals surface area contributed by atoms with Crippen LogP contribution in [0.15, 0.2) is 0 Å². The Morgan fingerprint density at radius 2 is 1.69 bits per heavy atom. The van der Waals surface area contributed by atoms with Gasteiger partial charge in [0, 0.05) is 32.2 Å². The van der Waals surface area contributed by atoms with Gasteiger partial charge in [-0.2, -0.15) is 0 Å². The van der Waals surface area contributed by atoms with Crippen molar-refractivity contribution in [1.82, 2.24) is 9.80 Å². The molecule has 72 valence electrons. The van der Waals surface area contributed by atoms with E-state index in [4.69, 9.17) is 5.73 Å². The minimum atomic E-state index is 0. The summed E-state index contributed by atoms with van der Waals surface area (Å²) in [6.07, 6.45) is 0. The van der Waals surface area contributed by atoms with Gasteiger partial charge in [0.05, 0.1) is 0 Å². The van der Waals surface area contributed by atoms with Crippen LogP contribution in [0, 0.1) is 0 Å². The molecule has 0 aromatic rings. The van der Waals surface area contributed by atoms with E-state index in [2.05, 4.69) is 23.6 Å². The van der Waals surface area contributed by atoms with Crippen molar-refractivity contribution in [2.75, 3.05) is 39.3 Å². The number of nitrogens with one attached hydrogen (secondary N) is 1. The van der Waals surface area contributed by atoms with Gasteiger partial charge in [-0.15, -0.1) is 6.54 Å². The fourth-order valence-electron chi connectivity index (χ4n) is 1.66. The number of piperazine rings is 1. The third kappa shape index (κ3) is 5.35. The average molecular weight is 256 g/mol. The summed E-state index contributed by atoms with van der Waals surface area (Å²) in [6, 6.07) is 0.683. The van der Waals surface area contributed by atoms with Crippen molar-refractivity contribution in [1.29, 1.82) is 0 Å². The molecule has 1 saturated heterocycles. The normalized spacial score (nSPS) is 20.3. The SMILES string of the molecule is CC(C)N1CCN(CC[NH-])CC1.[Rb+]. The molecule has 1 N–H and O–H groups in total. The maximum absolute atomic E-state index is 7.12. The molecule has 0 bridgehead atoms. The molecule has 0 amide bonds. The molecule has 0 atom stereocenters. The Bertz CT molecular complexity index is 122. The van der Waals surface area contributed by atoms with Crippen LogP contribution in [0.2, 0.25) is 0 Å². The summed E-state index contributed by atoms with van der Waals surface area (Å²) in [7, 11) is 0. The van der Waals surface area contributed by atoms with Crippen molar-refractivity contribution in [3.05, 3.63) is 5.73 Å². The molecule has 0 spiro atoms. The van der Waals surface area contributed by atoms with Crippen LogP contribution in [-0.2, 0) is 0 Å².